The van der Waals surface area contributed by atoms with Gasteiger partial charge in [-0.25, -0.2) is 4.79 Å². The van der Waals surface area contributed by atoms with Gasteiger partial charge in [0.15, 0.2) is 0 Å². The second kappa shape index (κ2) is 3.78. The summed E-state index contributed by atoms with van der Waals surface area (Å²) < 4.78 is 0. The number of hydrogen-bond donors (Lipinski definition) is 1. The van der Waals surface area contributed by atoms with Gasteiger partial charge < -0.3 is 5.11 Å². The standard InChI is InChI=1S/C10H8N2O2S/c1-6-2-3-7(12-11-6)8-4-5-9(15-8)10(13)14/h2-5H,1H3,(H,13,14). The van der Waals surface area contributed by atoms with E-state index < -0.39 is 5.97 Å². The van der Waals surface area contributed by atoms with E-state index in [1.165, 1.54) is 11.3 Å². The van der Waals surface area contributed by atoms with Gasteiger partial charge in [-0.1, -0.05) is 0 Å². The molecule has 15 heavy (non-hydrogen) atoms. The van der Waals surface area contributed by atoms with E-state index in [1.807, 2.05) is 19.1 Å². The average molecular weight is 220 g/mol. The highest BCUT2D eigenvalue weighted by atomic mass is 32.1. The Bertz CT molecular complexity index is 490. The normalized spacial score (nSPS) is 10.2. The van der Waals surface area contributed by atoms with Crippen molar-refractivity contribution < 1.29 is 9.90 Å². The molecule has 2 rings (SSSR count). The molecule has 1 N–H and O–H groups in total. The van der Waals surface area contributed by atoms with E-state index in [9.17, 15) is 4.79 Å². The van der Waals surface area contributed by atoms with Crippen LogP contribution in [0.15, 0.2) is 24.3 Å². The molecular formula is C10H8N2O2S. The summed E-state index contributed by atoms with van der Waals surface area (Å²) in [5.41, 5.74) is 1.55. The molecule has 76 valence electrons. The van der Waals surface area contributed by atoms with E-state index in [2.05, 4.69) is 10.2 Å². The number of aromatic nitrogens is 2. The summed E-state index contributed by atoms with van der Waals surface area (Å²) in [5, 5.41) is 16.7. The molecule has 2 aromatic rings. The quantitative estimate of drug-likeness (QED) is 0.842. The van der Waals surface area contributed by atoms with Crippen LogP contribution in [0.4, 0.5) is 0 Å². The van der Waals surface area contributed by atoms with E-state index in [-0.39, 0.29) is 0 Å². The van der Waals surface area contributed by atoms with Crippen molar-refractivity contribution in [2.24, 2.45) is 0 Å². The van der Waals surface area contributed by atoms with Crippen LogP contribution in [0.25, 0.3) is 10.6 Å². The monoisotopic (exact) mass is 220 g/mol. The third-order valence-corrected chi connectivity index (χ3v) is 2.96. The van der Waals surface area contributed by atoms with Gasteiger partial charge in [-0.2, -0.15) is 5.10 Å². The van der Waals surface area contributed by atoms with Crippen LogP contribution in [0, 0.1) is 6.92 Å². The lowest BCUT2D eigenvalue weighted by Gasteiger charge is -1.94. The van der Waals surface area contributed by atoms with Crippen LogP contribution in [0.3, 0.4) is 0 Å². The first-order chi connectivity index (χ1) is 7.16. The molecule has 0 saturated heterocycles. The minimum atomic E-state index is -0.911. The molecule has 5 heteroatoms. The topological polar surface area (TPSA) is 63.1 Å². The molecule has 0 aliphatic heterocycles. The Morgan fingerprint density at radius 2 is 2.07 bits per heavy atom. The summed E-state index contributed by atoms with van der Waals surface area (Å²) in [7, 11) is 0. The van der Waals surface area contributed by atoms with Gasteiger partial charge >= 0.3 is 5.97 Å². The van der Waals surface area contributed by atoms with E-state index in [0.717, 1.165) is 10.6 Å². The van der Waals surface area contributed by atoms with Crippen LogP contribution in [0.2, 0.25) is 0 Å². The van der Waals surface area contributed by atoms with Crippen molar-refractivity contribution in [3.63, 3.8) is 0 Å². The van der Waals surface area contributed by atoms with Gasteiger partial charge in [-0.3, -0.25) is 0 Å². The number of carbonyl (C=O) groups is 1. The first-order valence-electron chi connectivity index (χ1n) is 4.30. The summed E-state index contributed by atoms with van der Waals surface area (Å²) in [4.78, 5) is 11.8. The Labute approximate surface area is 90.2 Å². The second-order valence-electron chi connectivity index (χ2n) is 3.03. The van der Waals surface area contributed by atoms with E-state index in [1.54, 1.807) is 12.1 Å². The van der Waals surface area contributed by atoms with Gasteiger partial charge in [0.2, 0.25) is 0 Å². The van der Waals surface area contributed by atoms with Crippen molar-refractivity contribution in [1.82, 2.24) is 10.2 Å². The molecule has 2 aromatic heterocycles. The highest BCUT2D eigenvalue weighted by molar-refractivity contribution is 7.17. The number of aromatic carboxylic acids is 1. The Morgan fingerprint density at radius 1 is 1.27 bits per heavy atom. The zero-order valence-electron chi connectivity index (χ0n) is 7.97. The van der Waals surface area contributed by atoms with Gasteiger partial charge in [0.25, 0.3) is 0 Å². The van der Waals surface area contributed by atoms with Gasteiger partial charge in [0.1, 0.15) is 10.6 Å². The molecule has 2 heterocycles. The van der Waals surface area contributed by atoms with E-state index in [0.29, 0.717) is 10.6 Å². The number of aryl methyl sites for hydroxylation is 1. The molecule has 0 amide bonds. The first kappa shape index (κ1) is 9.79. The molecule has 0 spiro atoms. The summed E-state index contributed by atoms with van der Waals surface area (Å²) in [6.45, 7) is 1.86. The smallest absolute Gasteiger partial charge is 0.345 e. The van der Waals surface area contributed by atoms with Crippen LogP contribution in [0.5, 0.6) is 0 Å². The molecular weight excluding hydrogens is 212 g/mol. The largest absolute Gasteiger partial charge is 0.477 e. The fourth-order valence-corrected chi connectivity index (χ4v) is 1.93. The Hall–Kier alpha value is -1.75. The number of carboxylic acid groups (broad SMARTS) is 1. The third-order valence-electron chi connectivity index (χ3n) is 1.87. The van der Waals surface area contributed by atoms with Gasteiger partial charge in [-0.05, 0) is 31.2 Å². The fourth-order valence-electron chi connectivity index (χ4n) is 1.12. The Kier molecular flexibility index (Phi) is 2.47. The molecule has 4 nitrogen and oxygen atoms in total. The van der Waals surface area contributed by atoms with Crippen molar-refractivity contribution in [2.45, 2.75) is 6.92 Å². The molecule has 0 radical (unpaired) electrons. The Balaban J connectivity index is 2.37. The minimum Gasteiger partial charge on any atom is -0.477 e. The molecule has 0 atom stereocenters. The van der Waals surface area contributed by atoms with E-state index in [4.69, 9.17) is 5.11 Å². The number of hydrogen-bond acceptors (Lipinski definition) is 4. The number of carboxylic acids is 1. The maximum absolute atomic E-state index is 10.7. The molecule has 0 aliphatic carbocycles. The predicted molar refractivity (Wildman–Crippen MR) is 57.0 cm³/mol. The van der Waals surface area contributed by atoms with Gasteiger partial charge in [0, 0.05) is 0 Å². The summed E-state index contributed by atoms with van der Waals surface area (Å²) in [6, 6.07) is 7.00. The lowest BCUT2D eigenvalue weighted by Crippen LogP contribution is -1.89. The first-order valence-corrected chi connectivity index (χ1v) is 5.12. The van der Waals surface area contributed by atoms with Crippen LogP contribution < -0.4 is 0 Å². The highest BCUT2D eigenvalue weighted by Crippen LogP contribution is 2.25. The lowest BCUT2D eigenvalue weighted by molar-refractivity contribution is 0.0702. The highest BCUT2D eigenvalue weighted by Gasteiger charge is 2.09. The summed E-state index contributed by atoms with van der Waals surface area (Å²) in [6.07, 6.45) is 0. The lowest BCUT2D eigenvalue weighted by atomic mass is 10.3. The zero-order valence-corrected chi connectivity index (χ0v) is 8.78. The second-order valence-corrected chi connectivity index (χ2v) is 4.11. The van der Waals surface area contributed by atoms with Crippen molar-refractivity contribution in [1.29, 1.82) is 0 Å². The number of nitrogens with zero attached hydrogens (tertiary/aromatic N) is 2. The predicted octanol–water partition coefficient (Wildman–Crippen LogP) is 2.21. The van der Waals surface area contributed by atoms with Gasteiger partial charge in [-0.15, -0.1) is 16.4 Å². The molecule has 0 aromatic carbocycles. The van der Waals surface area contributed by atoms with Crippen LogP contribution in [-0.2, 0) is 0 Å². The van der Waals surface area contributed by atoms with Crippen LogP contribution >= 0.6 is 11.3 Å². The van der Waals surface area contributed by atoms with Crippen LogP contribution in [0.1, 0.15) is 15.4 Å². The SMILES string of the molecule is Cc1ccc(-c2ccc(C(=O)O)s2)nn1. The molecule has 0 saturated carbocycles. The molecule has 0 unspecified atom stereocenters. The molecule has 0 aliphatic rings. The number of thiophene rings is 1. The third kappa shape index (κ3) is 2.02. The minimum absolute atomic E-state index is 0.312. The molecule has 0 fully saturated rings. The zero-order chi connectivity index (χ0) is 10.8. The Morgan fingerprint density at radius 3 is 2.60 bits per heavy atom. The molecule has 0 bridgehead atoms. The fraction of sp³-hybridized carbons (Fsp3) is 0.100. The van der Waals surface area contributed by atoms with E-state index >= 15 is 0 Å². The van der Waals surface area contributed by atoms with Crippen molar-refractivity contribution in [3.8, 4) is 10.6 Å². The van der Waals surface area contributed by atoms with Crippen molar-refractivity contribution >= 4 is 17.3 Å². The summed E-state index contributed by atoms with van der Waals surface area (Å²) in [5.74, 6) is -0.911. The van der Waals surface area contributed by atoms with Gasteiger partial charge in [0.05, 0.1) is 10.6 Å². The number of rotatable bonds is 2. The maximum atomic E-state index is 10.7. The van der Waals surface area contributed by atoms with Crippen molar-refractivity contribution in [2.75, 3.05) is 0 Å². The van der Waals surface area contributed by atoms with Crippen molar-refractivity contribution in [3.05, 3.63) is 34.8 Å². The van der Waals surface area contributed by atoms with Crippen LogP contribution in [-0.4, -0.2) is 21.3 Å². The summed E-state index contributed by atoms with van der Waals surface area (Å²) >= 11 is 1.20. The average Bonchev–Trinajstić information content (AvgIpc) is 2.68. The maximum Gasteiger partial charge on any atom is 0.345 e.